The van der Waals surface area contributed by atoms with Gasteiger partial charge in [0.25, 0.3) is 5.91 Å². The van der Waals surface area contributed by atoms with Crippen LogP contribution in [0, 0.1) is 5.92 Å². The lowest BCUT2D eigenvalue weighted by atomic mass is 9.90. The molecule has 2 aromatic carbocycles. The molecule has 0 bridgehead atoms. The second kappa shape index (κ2) is 13.2. The van der Waals surface area contributed by atoms with Crippen molar-refractivity contribution in [1.29, 1.82) is 0 Å². The molecule has 2 unspecified atom stereocenters. The average molecular weight is 549 g/mol. The minimum Gasteiger partial charge on any atom is -0.348 e. The highest BCUT2D eigenvalue weighted by atomic mass is 35.5. The lowest BCUT2D eigenvalue weighted by Gasteiger charge is -2.27. The zero-order valence-corrected chi connectivity index (χ0v) is 23.3. The lowest BCUT2D eigenvalue weighted by Crippen LogP contribution is -2.41. The molecule has 1 aliphatic heterocycles. The van der Waals surface area contributed by atoms with Crippen molar-refractivity contribution in [2.75, 3.05) is 5.01 Å². The van der Waals surface area contributed by atoms with Gasteiger partial charge in [-0.25, -0.2) is 0 Å². The molecule has 0 spiro atoms. The quantitative estimate of drug-likeness (QED) is 0.414. The number of carbonyl (C=O) groups is 1. The number of nitrogens with zero attached hydrogens (tertiary/aromatic N) is 2. The molecule has 1 saturated carbocycles. The molecule has 2 aliphatic rings. The standard InChI is InChI=1S/C29H36Cl3N3O/c1-20-27(29(36)33-24-11-9-7-5-3-2-4-6-8-10-12-24)34-35(26-18-17-23(31)19-25(26)32)28(20)21-13-15-22(30)16-14-21/h13-20,24,28H,2-12H2,1H3,(H,33,36). The Morgan fingerprint density at radius 2 is 1.39 bits per heavy atom. The van der Waals surface area contributed by atoms with E-state index in [2.05, 4.69) is 12.2 Å². The molecule has 2 aromatic rings. The highest BCUT2D eigenvalue weighted by Crippen LogP contribution is 2.42. The van der Waals surface area contributed by atoms with E-state index in [1.54, 1.807) is 12.1 Å². The summed E-state index contributed by atoms with van der Waals surface area (Å²) in [6.07, 6.45) is 13.5. The fourth-order valence-corrected chi connectivity index (χ4v) is 6.03. The van der Waals surface area contributed by atoms with Crippen molar-refractivity contribution >= 4 is 52.1 Å². The van der Waals surface area contributed by atoms with Gasteiger partial charge in [-0.15, -0.1) is 0 Å². The maximum Gasteiger partial charge on any atom is 0.268 e. The summed E-state index contributed by atoms with van der Waals surface area (Å²) in [6, 6.07) is 13.1. The number of hydrogen-bond acceptors (Lipinski definition) is 3. The predicted molar refractivity (Wildman–Crippen MR) is 152 cm³/mol. The molecule has 0 saturated heterocycles. The number of anilines is 1. The zero-order chi connectivity index (χ0) is 25.5. The number of hydrogen-bond donors (Lipinski definition) is 1. The minimum atomic E-state index is -0.182. The van der Waals surface area contributed by atoms with Crippen LogP contribution in [0.1, 0.15) is 89.2 Å². The Labute approximate surface area is 230 Å². The van der Waals surface area contributed by atoms with E-state index in [1.807, 2.05) is 35.3 Å². The Kier molecular flexibility index (Phi) is 9.98. The van der Waals surface area contributed by atoms with Gasteiger partial charge in [0.15, 0.2) is 0 Å². The van der Waals surface area contributed by atoms with Crippen LogP contribution in [0.25, 0.3) is 0 Å². The molecule has 7 heteroatoms. The normalized spacial score (nSPS) is 22.4. The Bertz CT molecular complexity index is 1040. The number of hydrazone groups is 1. The molecular formula is C29H36Cl3N3O. The second-order valence-electron chi connectivity index (χ2n) is 10.1. The van der Waals surface area contributed by atoms with Crippen molar-refractivity contribution in [1.82, 2.24) is 5.32 Å². The topological polar surface area (TPSA) is 44.7 Å². The first-order valence-corrected chi connectivity index (χ1v) is 14.5. The van der Waals surface area contributed by atoms with Gasteiger partial charge in [0.1, 0.15) is 5.71 Å². The van der Waals surface area contributed by atoms with Gasteiger partial charge in [-0.2, -0.15) is 5.10 Å². The third-order valence-electron chi connectivity index (χ3n) is 7.42. The van der Waals surface area contributed by atoms with Gasteiger partial charge in [0, 0.05) is 22.0 Å². The molecule has 1 amide bonds. The number of nitrogens with one attached hydrogen (secondary N) is 1. The van der Waals surface area contributed by atoms with Crippen molar-refractivity contribution in [3.8, 4) is 0 Å². The lowest BCUT2D eigenvalue weighted by molar-refractivity contribution is -0.115. The van der Waals surface area contributed by atoms with Crippen LogP contribution in [-0.2, 0) is 4.79 Å². The van der Waals surface area contributed by atoms with Crippen LogP contribution in [-0.4, -0.2) is 17.7 Å². The molecule has 2 atom stereocenters. The van der Waals surface area contributed by atoms with Crippen molar-refractivity contribution in [3.05, 3.63) is 63.1 Å². The van der Waals surface area contributed by atoms with E-state index in [0.717, 1.165) is 36.9 Å². The maximum absolute atomic E-state index is 13.6. The third-order valence-corrected chi connectivity index (χ3v) is 8.21. The predicted octanol–water partition coefficient (Wildman–Crippen LogP) is 8.99. The fraction of sp³-hybridized carbons (Fsp3) is 0.517. The molecule has 1 N–H and O–H groups in total. The van der Waals surface area contributed by atoms with Crippen molar-refractivity contribution in [2.45, 2.75) is 89.6 Å². The van der Waals surface area contributed by atoms with E-state index in [4.69, 9.17) is 39.9 Å². The van der Waals surface area contributed by atoms with Crippen LogP contribution in [0.5, 0.6) is 0 Å². The van der Waals surface area contributed by atoms with E-state index in [9.17, 15) is 4.79 Å². The van der Waals surface area contributed by atoms with Gasteiger partial charge < -0.3 is 5.32 Å². The first-order chi connectivity index (χ1) is 17.4. The summed E-state index contributed by atoms with van der Waals surface area (Å²) in [5.74, 6) is -0.213. The summed E-state index contributed by atoms with van der Waals surface area (Å²) in [7, 11) is 0. The second-order valence-corrected chi connectivity index (χ2v) is 11.4. The van der Waals surface area contributed by atoms with Crippen molar-refractivity contribution in [3.63, 3.8) is 0 Å². The summed E-state index contributed by atoms with van der Waals surface area (Å²) in [5, 5.41) is 11.8. The van der Waals surface area contributed by atoms with E-state index >= 15 is 0 Å². The van der Waals surface area contributed by atoms with E-state index in [0.29, 0.717) is 20.8 Å². The van der Waals surface area contributed by atoms with Gasteiger partial charge in [-0.3, -0.25) is 9.80 Å². The number of benzene rings is 2. The Balaban J connectivity index is 1.56. The Morgan fingerprint density at radius 1 is 0.833 bits per heavy atom. The SMILES string of the molecule is CC1C(C(=O)NC2CCCCCCCCCCC2)=NN(c2ccc(Cl)cc2Cl)C1c1ccc(Cl)cc1. The van der Waals surface area contributed by atoms with Crippen LogP contribution in [0.4, 0.5) is 5.69 Å². The summed E-state index contributed by atoms with van der Waals surface area (Å²) in [6.45, 7) is 2.06. The van der Waals surface area contributed by atoms with Gasteiger partial charge in [0.2, 0.25) is 0 Å². The first-order valence-electron chi connectivity index (χ1n) is 13.3. The summed E-state index contributed by atoms with van der Waals surface area (Å²) >= 11 is 18.9. The van der Waals surface area contributed by atoms with Gasteiger partial charge in [-0.1, -0.05) is 112 Å². The first kappa shape index (κ1) is 27.3. The minimum absolute atomic E-state index is 0.0776. The number of amides is 1. The molecule has 4 nitrogen and oxygen atoms in total. The van der Waals surface area contributed by atoms with Gasteiger partial charge in [-0.05, 0) is 48.7 Å². The summed E-state index contributed by atoms with van der Waals surface area (Å²) in [5.41, 5.74) is 2.28. The number of carbonyl (C=O) groups excluding carboxylic acids is 1. The van der Waals surface area contributed by atoms with Crippen molar-refractivity contribution in [2.24, 2.45) is 11.0 Å². The largest absolute Gasteiger partial charge is 0.348 e. The molecule has 4 rings (SSSR count). The zero-order valence-electron chi connectivity index (χ0n) is 21.0. The van der Waals surface area contributed by atoms with E-state index < -0.39 is 0 Å². The third kappa shape index (κ3) is 6.96. The average Bonchev–Trinajstić information content (AvgIpc) is 3.18. The molecule has 0 aromatic heterocycles. The summed E-state index contributed by atoms with van der Waals surface area (Å²) in [4.78, 5) is 13.6. The van der Waals surface area contributed by atoms with Gasteiger partial charge >= 0.3 is 0 Å². The molecule has 194 valence electrons. The van der Waals surface area contributed by atoms with Crippen LogP contribution in [0.3, 0.4) is 0 Å². The fourth-order valence-electron chi connectivity index (χ4n) is 5.41. The van der Waals surface area contributed by atoms with Crippen molar-refractivity contribution < 1.29 is 4.79 Å². The van der Waals surface area contributed by atoms with Crippen LogP contribution in [0.15, 0.2) is 47.6 Å². The monoisotopic (exact) mass is 547 g/mol. The van der Waals surface area contributed by atoms with Crippen LogP contribution in [0.2, 0.25) is 15.1 Å². The van der Waals surface area contributed by atoms with Gasteiger partial charge in [0.05, 0.1) is 16.8 Å². The highest BCUT2D eigenvalue weighted by molar-refractivity contribution is 6.41. The Morgan fingerprint density at radius 3 is 1.97 bits per heavy atom. The molecule has 1 aliphatic carbocycles. The Hall–Kier alpha value is -1.75. The number of rotatable bonds is 4. The molecule has 1 fully saturated rings. The highest BCUT2D eigenvalue weighted by Gasteiger charge is 2.40. The maximum atomic E-state index is 13.6. The molecule has 0 radical (unpaired) electrons. The van der Waals surface area contributed by atoms with Crippen LogP contribution >= 0.6 is 34.8 Å². The van der Waals surface area contributed by atoms with E-state index in [-0.39, 0.29) is 23.9 Å². The molecular weight excluding hydrogens is 513 g/mol. The summed E-state index contributed by atoms with van der Waals surface area (Å²) < 4.78 is 0. The molecule has 36 heavy (non-hydrogen) atoms. The smallest absolute Gasteiger partial charge is 0.268 e. The number of halogens is 3. The van der Waals surface area contributed by atoms with Crippen LogP contribution < -0.4 is 10.3 Å². The van der Waals surface area contributed by atoms with E-state index in [1.165, 1.54) is 44.9 Å². The molecule has 1 heterocycles.